The fourth-order valence-corrected chi connectivity index (χ4v) is 4.90. The zero-order valence-electron chi connectivity index (χ0n) is 19.5. The van der Waals surface area contributed by atoms with E-state index < -0.39 is 5.25 Å². The van der Waals surface area contributed by atoms with E-state index in [1.165, 1.54) is 40.9 Å². The number of nitrogens with zero attached hydrogens (tertiary/aromatic N) is 2. The van der Waals surface area contributed by atoms with Crippen LogP contribution in [0.3, 0.4) is 0 Å². The Bertz CT molecular complexity index is 1290. The lowest BCUT2D eigenvalue weighted by molar-refractivity contribution is -0.129. The van der Waals surface area contributed by atoms with E-state index >= 15 is 0 Å². The number of hydrogen-bond acceptors (Lipinski definition) is 6. The van der Waals surface area contributed by atoms with Gasteiger partial charge in [0.2, 0.25) is 11.8 Å². The third-order valence-electron chi connectivity index (χ3n) is 5.38. The maximum atomic E-state index is 13.4. The summed E-state index contributed by atoms with van der Waals surface area (Å²) in [6.07, 6.45) is 0.00273. The normalized spacial score (nSPS) is 16.7. The van der Waals surface area contributed by atoms with Gasteiger partial charge in [0.15, 0.2) is 16.7 Å². The van der Waals surface area contributed by atoms with E-state index in [4.69, 9.17) is 9.47 Å². The van der Waals surface area contributed by atoms with Crippen molar-refractivity contribution in [1.29, 1.82) is 0 Å². The second kappa shape index (κ2) is 11.6. The highest BCUT2D eigenvalue weighted by atomic mass is 79.9. The number of ether oxygens (including phenoxy) is 2. The molecule has 1 saturated heterocycles. The molecule has 0 saturated carbocycles. The fraction of sp³-hybridized carbons (Fsp3) is 0.192. The van der Waals surface area contributed by atoms with E-state index in [9.17, 15) is 14.0 Å². The zero-order valence-corrected chi connectivity index (χ0v) is 21.9. The van der Waals surface area contributed by atoms with Crippen molar-refractivity contribution < 1.29 is 23.5 Å². The van der Waals surface area contributed by atoms with Crippen molar-refractivity contribution in [1.82, 2.24) is 4.90 Å². The fourth-order valence-electron chi connectivity index (χ4n) is 3.54. The van der Waals surface area contributed by atoms with E-state index in [1.807, 2.05) is 18.2 Å². The number of benzene rings is 3. The van der Waals surface area contributed by atoms with Gasteiger partial charge in [-0.05, 0) is 66.2 Å². The van der Waals surface area contributed by atoms with Gasteiger partial charge in [0.1, 0.15) is 11.1 Å². The number of aliphatic imine (C=N–C) groups is 1. The molecule has 3 aromatic carbocycles. The van der Waals surface area contributed by atoms with Crippen LogP contribution in [0.4, 0.5) is 15.8 Å². The lowest BCUT2D eigenvalue weighted by Crippen LogP contribution is -2.44. The second-order valence-corrected chi connectivity index (χ2v) is 9.93. The number of methoxy groups -OCH3 is 2. The number of thioether (sulfide) groups is 1. The third-order valence-corrected chi connectivity index (χ3v) is 7.10. The summed E-state index contributed by atoms with van der Waals surface area (Å²) in [5, 5.41) is 2.53. The Morgan fingerprint density at radius 2 is 1.78 bits per heavy atom. The Kier molecular flexibility index (Phi) is 8.27. The van der Waals surface area contributed by atoms with Crippen LogP contribution in [0.25, 0.3) is 0 Å². The van der Waals surface area contributed by atoms with Crippen molar-refractivity contribution in [2.75, 3.05) is 19.5 Å². The number of amidine groups is 1. The molecule has 1 aliphatic rings. The zero-order chi connectivity index (χ0) is 25.7. The molecule has 1 heterocycles. The maximum absolute atomic E-state index is 13.4. The van der Waals surface area contributed by atoms with Gasteiger partial charge in [0.05, 0.1) is 26.5 Å². The van der Waals surface area contributed by atoms with Crippen LogP contribution in [-0.4, -0.2) is 41.4 Å². The molecule has 1 N–H and O–H groups in total. The van der Waals surface area contributed by atoms with Crippen LogP contribution >= 0.6 is 27.7 Å². The molecule has 0 aliphatic carbocycles. The molecule has 2 amide bonds. The molecular weight excluding hydrogens is 549 g/mol. The number of anilines is 1. The standard InChI is InChI=1S/C26H23BrFN3O4S/c1-34-21-12-3-16(13-22(21)35-2)15-31-24(32)14-23(25(33)29-19-8-4-17(27)5-9-19)36-26(31)30-20-10-6-18(28)7-11-20/h3-13,23H,14-15H2,1-2H3,(H,29,33). The highest BCUT2D eigenvalue weighted by Gasteiger charge is 2.36. The molecule has 0 spiro atoms. The van der Waals surface area contributed by atoms with E-state index in [2.05, 4.69) is 26.2 Å². The molecule has 36 heavy (non-hydrogen) atoms. The topological polar surface area (TPSA) is 80.2 Å². The number of carbonyl (C=O) groups excluding carboxylic acids is 2. The Morgan fingerprint density at radius 1 is 1.08 bits per heavy atom. The monoisotopic (exact) mass is 571 g/mol. The summed E-state index contributed by atoms with van der Waals surface area (Å²) in [5.41, 5.74) is 1.89. The van der Waals surface area contributed by atoms with E-state index in [-0.39, 0.29) is 30.6 Å². The first-order valence-corrected chi connectivity index (χ1v) is 12.6. The Hall–Kier alpha value is -3.37. The lowest BCUT2D eigenvalue weighted by atomic mass is 10.1. The average Bonchev–Trinajstić information content (AvgIpc) is 2.88. The molecule has 1 fully saturated rings. The van der Waals surface area contributed by atoms with Crippen LogP contribution in [-0.2, 0) is 16.1 Å². The first-order chi connectivity index (χ1) is 17.4. The highest BCUT2D eigenvalue weighted by Crippen LogP contribution is 2.33. The molecule has 1 unspecified atom stereocenters. The molecule has 1 atom stereocenters. The number of rotatable bonds is 7. The van der Waals surface area contributed by atoms with Gasteiger partial charge in [-0.3, -0.25) is 14.5 Å². The van der Waals surface area contributed by atoms with E-state index in [0.717, 1.165) is 10.0 Å². The van der Waals surface area contributed by atoms with Crippen molar-refractivity contribution >= 4 is 56.0 Å². The Labute approximate surface area is 220 Å². The predicted octanol–water partition coefficient (Wildman–Crippen LogP) is 5.77. The van der Waals surface area contributed by atoms with Crippen molar-refractivity contribution in [3.05, 3.63) is 82.6 Å². The molecular formula is C26H23BrFN3O4S. The van der Waals surface area contributed by atoms with Crippen LogP contribution in [0.5, 0.6) is 11.5 Å². The largest absolute Gasteiger partial charge is 0.493 e. The molecule has 10 heteroatoms. The highest BCUT2D eigenvalue weighted by molar-refractivity contribution is 9.10. The molecule has 7 nitrogen and oxygen atoms in total. The second-order valence-electron chi connectivity index (χ2n) is 7.85. The van der Waals surface area contributed by atoms with Gasteiger partial charge >= 0.3 is 0 Å². The van der Waals surface area contributed by atoms with Crippen molar-refractivity contribution in [3.8, 4) is 11.5 Å². The van der Waals surface area contributed by atoms with E-state index in [0.29, 0.717) is 28.0 Å². The predicted molar refractivity (Wildman–Crippen MR) is 142 cm³/mol. The van der Waals surface area contributed by atoms with Gasteiger partial charge in [0.25, 0.3) is 0 Å². The van der Waals surface area contributed by atoms with Crippen LogP contribution < -0.4 is 14.8 Å². The van der Waals surface area contributed by atoms with Gasteiger partial charge in [-0.15, -0.1) is 0 Å². The summed E-state index contributed by atoms with van der Waals surface area (Å²) in [4.78, 5) is 32.4. The smallest absolute Gasteiger partial charge is 0.238 e. The number of nitrogens with one attached hydrogen (secondary N) is 1. The first-order valence-electron chi connectivity index (χ1n) is 10.9. The molecule has 186 valence electrons. The van der Waals surface area contributed by atoms with Gasteiger partial charge in [-0.2, -0.15) is 0 Å². The minimum absolute atomic E-state index is 0.00273. The summed E-state index contributed by atoms with van der Waals surface area (Å²) in [7, 11) is 3.09. The molecule has 4 rings (SSSR count). The summed E-state index contributed by atoms with van der Waals surface area (Å²) < 4.78 is 25.0. The summed E-state index contributed by atoms with van der Waals surface area (Å²) in [6.45, 7) is 0.216. The minimum atomic E-state index is -0.679. The van der Waals surface area contributed by atoms with E-state index in [1.54, 1.807) is 38.5 Å². The van der Waals surface area contributed by atoms with Crippen LogP contribution in [0, 0.1) is 5.82 Å². The molecule has 0 radical (unpaired) electrons. The average molecular weight is 572 g/mol. The molecule has 0 bridgehead atoms. The van der Waals surface area contributed by atoms with Gasteiger partial charge < -0.3 is 14.8 Å². The Morgan fingerprint density at radius 3 is 2.44 bits per heavy atom. The number of carbonyl (C=O) groups is 2. The molecule has 3 aromatic rings. The molecule has 1 aliphatic heterocycles. The summed E-state index contributed by atoms with van der Waals surface area (Å²) in [6, 6.07) is 18.2. The molecule has 0 aromatic heterocycles. The quantitative estimate of drug-likeness (QED) is 0.389. The maximum Gasteiger partial charge on any atom is 0.238 e. The van der Waals surface area contributed by atoms with Gasteiger partial charge in [0, 0.05) is 16.6 Å². The van der Waals surface area contributed by atoms with Crippen LogP contribution in [0.1, 0.15) is 12.0 Å². The van der Waals surface area contributed by atoms with Crippen molar-refractivity contribution in [2.45, 2.75) is 18.2 Å². The van der Waals surface area contributed by atoms with Crippen LogP contribution in [0.2, 0.25) is 0 Å². The number of amides is 2. The summed E-state index contributed by atoms with van der Waals surface area (Å²) in [5.74, 6) is 0.176. The summed E-state index contributed by atoms with van der Waals surface area (Å²) >= 11 is 4.56. The first kappa shape index (κ1) is 25.7. The van der Waals surface area contributed by atoms with Crippen molar-refractivity contribution in [3.63, 3.8) is 0 Å². The van der Waals surface area contributed by atoms with Crippen LogP contribution in [0.15, 0.2) is 76.2 Å². The SMILES string of the molecule is COc1ccc(CN2C(=O)CC(C(=O)Nc3ccc(Br)cc3)SC2=Nc2ccc(F)cc2)cc1OC. The van der Waals surface area contributed by atoms with Crippen molar-refractivity contribution in [2.24, 2.45) is 4.99 Å². The number of halogens is 2. The van der Waals surface area contributed by atoms with Gasteiger partial charge in [-0.1, -0.05) is 33.8 Å². The van der Waals surface area contributed by atoms with Gasteiger partial charge in [-0.25, -0.2) is 9.38 Å². The third kappa shape index (κ3) is 6.24. The Balaban J connectivity index is 1.61. The number of hydrogen-bond donors (Lipinski definition) is 1. The minimum Gasteiger partial charge on any atom is -0.493 e. The lowest BCUT2D eigenvalue weighted by Gasteiger charge is -2.32.